The van der Waals surface area contributed by atoms with Crippen LogP contribution in [0.4, 0.5) is 0 Å². The summed E-state index contributed by atoms with van der Waals surface area (Å²) in [6.45, 7) is 7.19. The molecule has 2 aromatic rings. The molecule has 2 aromatic carbocycles. The van der Waals surface area contributed by atoms with Gasteiger partial charge < -0.3 is 18.9 Å². The predicted octanol–water partition coefficient (Wildman–Crippen LogP) is 6.57. The lowest BCUT2D eigenvalue weighted by Gasteiger charge is -2.28. The smallest absolute Gasteiger partial charge is 0.188 e. The van der Waals surface area contributed by atoms with Crippen molar-refractivity contribution in [3.63, 3.8) is 0 Å². The third-order valence-corrected chi connectivity index (χ3v) is 5.23. The van der Waals surface area contributed by atoms with Gasteiger partial charge in [0.2, 0.25) is 0 Å². The second kappa shape index (κ2) is 11.8. The molecule has 4 nitrogen and oxygen atoms in total. The van der Waals surface area contributed by atoms with E-state index in [-0.39, 0.29) is 19.0 Å². The summed E-state index contributed by atoms with van der Waals surface area (Å²) in [4.78, 5) is 0. The fourth-order valence-corrected chi connectivity index (χ4v) is 3.48. The minimum Gasteiger partial charge on any atom is -0.467 e. The first kappa shape index (κ1) is 23.2. The molecule has 0 saturated carbocycles. The Bertz CT molecular complexity index is 696. The second-order valence-electron chi connectivity index (χ2n) is 8.01. The molecule has 0 heterocycles. The Balaban J connectivity index is 2.47. The van der Waals surface area contributed by atoms with E-state index >= 15 is 0 Å². The maximum atomic E-state index is 6.00. The van der Waals surface area contributed by atoms with Crippen LogP contribution in [0.2, 0.25) is 0 Å². The highest BCUT2D eigenvalue weighted by molar-refractivity contribution is 5.77. The molecule has 0 radical (unpaired) electrons. The summed E-state index contributed by atoms with van der Waals surface area (Å²) in [5.74, 6) is 1.53. The lowest BCUT2D eigenvalue weighted by atomic mass is 9.79. The number of methoxy groups -OCH3 is 2. The normalized spacial score (nSPS) is 11.5. The summed E-state index contributed by atoms with van der Waals surface area (Å²) in [7, 11) is 3.26. The Hall–Kier alpha value is -2.04. The fourth-order valence-electron chi connectivity index (χ4n) is 3.48. The molecule has 0 aliphatic carbocycles. The molecule has 0 aromatic heterocycles. The van der Waals surface area contributed by atoms with Crippen molar-refractivity contribution < 1.29 is 18.9 Å². The van der Waals surface area contributed by atoms with E-state index in [1.54, 1.807) is 14.2 Å². The molecule has 0 spiro atoms. The van der Waals surface area contributed by atoms with Gasteiger partial charge in [-0.15, -0.1) is 0 Å². The zero-order valence-corrected chi connectivity index (χ0v) is 18.6. The van der Waals surface area contributed by atoms with Crippen LogP contribution < -0.4 is 9.47 Å². The van der Waals surface area contributed by atoms with Crippen LogP contribution in [0.3, 0.4) is 0 Å². The third-order valence-electron chi connectivity index (χ3n) is 5.23. The summed E-state index contributed by atoms with van der Waals surface area (Å²) in [6, 6.07) is 14.4. The Labute approximate surface area is 176 Å². The Kier molecular flexibility index (Phi) is 9.49. The molecule has 0 N–H and O–H groups in total. The second-order valence-corrected chi connectivity index (χ2v) is 8.01. The summed E-state index contributed by atoms with van der Waals surface area (Å²) in [5.41, 5.74) is 3.17. The molecule has 29 heavy (non-hydrogen) atoms. The quantitative estimate of drug-likeness (QED) is 0.281. The Morgan fingerprint density at radius 1 is 0.793 bits per heavy atom. The number of hydrogen-bond acceptors (Lipinski definition) is 4. The van der Waals surface area contributed by atoms with Crippen LogP contribution in [0.5, 0.6) is 11.5 Å². The largest absolute Gasteiger partial charge is 0.467 e. The Morgan fingerprint density at radius 2 is 1.38 bits per heavy atom. The Morgan fingerprint density at radius 3 is 1.90 bits per heavy atom. The van der Waals surface area contributed by atoms with Gasteiger partial charge >= 0.3 is 0 Å². The minimum atomic E-state index is 0.0132. The van der Waals surface area contributed by atoms with Crippen LogP contribution in [0.15, 0.2) is 42.5 Å². The fraction of sp³-hybridized carbons (Fsp3) is 0.520. The van der Waals surface area contributed by atoms with E-state index in [1.165, 1.54) is 31.2 Å². The highest BCUT2D eigenvalue weighted by Crippen LogP contribution is 2.43. The molecule has 0 aliphatic heterocycles. The molecule has 0 bridgehead atoms. The van der Waals surface area contributed by atoms with Gasteiger partial charge in [-0.2, -0.15) is 0 Å². The maximum absolute atomic E-state index is 6.00. The molecule has 0 atom stereocenters. The van der Waals surface area contributed by atoms with E-state index in [4.69, 9.17) is 18.9 Å². The van der Waals surface area contributed by atoms with Gasteiger partial charge in [-0.25, -0.2) is 0 Å². The number of hydrogen-bond donors (Lipinski definition) is 0. The van der Waals surface area contributed by atoms with E-state index in [0.717, 1.165) is 29.0 Å². The molecule has 0 saturated heterocycles. The van der Waals surface area contributed by atoms with Crippen molar-refractivity contribution in [1.82, 2.24) is 0 Å². The van der Waals surface area contributed by atoms with E-state index in [0.29, 0.717) is 0 Å². The lowest BCUT2D eigenvalue weighted by Crippen LogP contribution is -2.18. The van der Waals surface area contributed by atoms with E-state index < -0.39 is 0 Å². The molecule has 0 unspecified atom stereocenters. The summed E-state index contributed by atoms with van der Waals surface area (Å²) in [6.07, 6.45) is 6.13. The van der Waals surface area contributed by atoms with Crippen LogP contribution in [0.25, 0.3) is 11.1 Å². The molecule has 160 valence electrons. The van der Waals surface area contributed by atoms with Crippen molar-refractivity contribution in [2.75, 3.05) is 27.8 Å². The minimum absolute atomic E-state index is 0.0132. The van der Waals surface area contributed by atoms with Crippen LogP contribution in [-0.4, -0.2) is 27.8 Å². The molecular formula is C25H36O4. The van der Waals surface area contributed by atoms with Gasteiger partial charge in [0.25, 0.3) is 0 Å². The third kappa shape index (κ3) is 6.76. The van der Waals surface area contributed by atoms with Gasteiger partial charge in [-0.3, -0.25) is 0 Å². The zero-order chi connectivity index (χ0) is 21.1. The topological polar surface area (TPSA) is 36.9 Å². The average Bonchev–Trinajstić information content (AvgIpc) is 2.74. The van der Waals surface area contributed by atoms with Crippen molar-refractivity contribution >= 4 is 0 Å². The van der Waals surface area contributed by atoms with Crippen molar-refractivity contribution in [3.05, 3.63) is 48.0 Å². The first-order valence-electron chi connectivity index (χ1n) is 10.5. The first-order valence-corrected chi connectivity index (χ1v) is 10.5. The van der Waals surface area contributed by atoms with E-state index in [2.05, 4.69) is 45.0 Å². The monoisotopic (exact) mass is 400 g/mol. The number of benzene rings is 2. The van der Waals surface area contributed by atoms with Gasteiger partial charge in [0.15, 0.2) is 13.6 Å². The van der Waals surface area contributed by atoms with Crippen molar-refractivity contribution in [1.29, 1.82) is 0 Å². The molecular weight excluding hydrogens is 364 g/mol. The highest BCUT2D eigenvalue weighted by Gasteiger charge is 2.25. The number of rotatable bonds is 13. The number of ether oxygens (including phenoxy) is 4. The van der Waals surface area contributed by atoms with Crippen LogP contribution >= 0.6 is 0 Å². The SMILES string of the molecule is CCCCCCC(C)(C)c1cc(OCOC)c(-c2ccccc2)c(OCOC)c1. The van der Waals surface area contributed by atoms with Crippen LogP contribution in [0, 0.1) is 0 Å². The maximum Gasteiger partial charge on any atom is 0.188 e. The van der Waals surface area contributed by atoms with Gasteiger partial charge in [0, 0.05) is 14.2 Å². The highest BCUT2D eigenvalue weighted by atomic mass is 16.7. The van der Waals surface area contributed by atoms with Crippen molar-refractivity contribution in [3.8, 4) is 22.6 Å². The standard InChI is InChI=1S/C25H36O4/c1-6-7-8-12-15-25(2,3)21-16-22(28-18-26-4)24(20-13-10-9-11-14-20)23(17-21)29-19-27-5/h9-11,13-14,16-17H,6-8,12,15,18-19H2,1-5H3. The summed E-state index contributed by atoms with van der Waals surface area (Å²) >= 11 is 0. The first-order chi connectivity index (χ1) is 14.0. The summed E-state index contributed by atoms with van der Waals surface area (Å²) in [5, 5.41) is 0. The molecule has 0 amide bonds. The molecule has 0 fully saturated rings. The van der Waals surface area contributed by atoms with Gasteiger partial charge in [0.1, 0.15) is 11.5 Å². The van der Waals surface area contributed by atoms with E-state index in [9.17, 15) is 0 Å². The molecule has 4 heteroatoms. The van der Waals surface area contributed by atoms with Gasteiger partial charge in [-0.05, 0) is 35.1 Å². The van der Waals surface area contributed by atoms with E-state index in [1.807, 2.05) is 18.2 Å². The average molecular weight is 401 g/mol. The molecule has 0 aliphatic rings. The lowest BCUT2D eigenvalue weighted by molar-refractivity contribution is 0.0466. The van der Waals surface area contributed by atoms with Crippen LogP contribution in [0.1, 0.15) is 58.4 Å². The molecule has 2 rings (SSSR count). The number of unbranched alkanes of at least 4 members (excludes halogenated alkanes) is 3. The van der Waals surface area contributed by atoms with Crippen molar-refractivity contribution in [2.45, 2.75) is 58.3 Å². The van der Waals surface area contributed by atoms with Gasteiger partial charge in [-0.1, -0.05) is 76.8 Å². The zero-order valence-electron chi connectivity index (χ0n) is 18.6. The van der Waals surface area contributed by atoms with Gasteiger partial charge in [0.05, 0.1) is 5.56 Å². The summed E-state index contributed by atoms with van der Waals surface area (Å²) < 4.78 is 22.4. The van der Waals surface area contributed by atoms with Crippen molar-refractivity contribution in [2.24, 2.45) is 0 Å². The van der Waals surface area contributed by atoms with Crippen LogP contribution in [-0.2, 0) is 14.9 Å². The predicted molar refractivity (Wildman–Crippen MR) is 119 cm³/mol.